The highest BCUT2D eigenvalue weighted by molar-refractivity contribution is 6.10. The summed E-state index contributed by atoms with van der Waals surface area (Å²) in [5, 5.41) is 9.19. The molecule has 0 radical (unpaired) electrons. The summed E-state index contributed by atoms with van der Waals surface area (Å²) in [6.07, 6.45) is 0.0850. The molecule has 0 saturated carbocycles. The van der Waals surface area contributed by atoms with Crippen LogP contribution in [0, 0.1) is 11.8 Å². The standard InChI is InChI=1S/C29H33N3O5/c1-4-26(35)28(27(36)20-33)30(3)29(37)25-13-11-23(12-14-25)6-5-22-7-9-24(10-8-22)19-31-15-17-32(18-16-31)21(2)34/h7-14,28,33H,4,15-20H2,1-3H3. The van der Waals surface area contributed by atoms with Gasteiger partial charge in [-0.15, -0.1) is 0 Å². The van der Waals surface area contributed by atoms with Crippen molar-refractivity contribution in [3.63, 3.8) is 0 Å². The van der Waals surface area contributed by atoms with Gasteiger partial charge in [0.05, 0.1) is 0 Å². The highest BCUT2D eigenvalue weighted by atomic mass is 16.3. The number of likely N-dealkylation sites (N-methyl/N-ethyl adjacent to an activating group) is 1. The first kappa shape index (κ1) is 27.8. The quantitative estimate of drug-likeness (QED) is 0.435. The Morgan fingerprint density at radius 3 is 1.92 bits per heavy atom. The number of hydrogen-bond donors (Lipinski definition) is 1. The van der Waals surface area contributed by atoms with E-state index in [4.69, 9.17) is 0 Å². The van der Waals surface area contributed by atoms with E-state index in [2.05, 4.69) is 28.9 Å². The molecular weight excluding hydrogens is 470 g/mol. The second-order valence-electron chi connectivity index (χ2n) is 9.07. The average Bonchev–Trinajstić information content (AvgIpc) is 2.92. The molecule has 1 aliphatic rings. The monoisotopic (exact) mass is 503 g/mol. The first-order valence-electron chi connectivity index (χ1n) is 12.4. The predicted octanol–water partition coefficient (Wildman–Crippen LogP) is 1.73. The topological polar surface area (TPSA) is 98.2 Å². The Kier molecular flexibility index (Phi) is 9.72. The molecule has 194 valence electrons. The van der Waals surface area contributed by atoms with Gasteiger partial charge in [-0.2, -0.15) is 0 Å². The minimum atomic E-state index is -1.30. The van der Waals surface area contributed by atoms with E-state index in [0.717, 1.165) is 48.8 Å². The van der Waals surface area contributed by atoms with Crippen molar-refractivity contribution in [3.8, 4) is 11.8 Å². The van der Waals surface area contributed by atoms with Crippen LogP contribution in [0.2, 0.25) is 0 Å². The molecule has 0 aromatic heterocycles. The number of aliphatic hydroxyl groups is 1. The van der Waals surface area contributed by atoms with E-state index < -0.39 is 30.1 Å². The second-order valence-corrected chi connectivity index (χ2v) is 9.07. The summed E-state index contributed by atoms with van der Waals surface area (Å²) in [4.78, 5) is 53.8. The van der Waals surface area contributed by atoms with E-state index in [9.17, 15) is 24.3 Å². The highest BCUT2D eigenvalue weighted by Gasteiger charge is 2.32. The first-order chi connectivity index (χ1) is 17.7. The Bertz CT molecular complexity index is 1170. The molecule has 0 spiro atoms. The molecular formula is C29H33N3O5. The van der Waals surface area contributed by atoms with Gasteiger partial charge in [-0.25, -0.2) is 0 Å². The van der Waals surface area contributed by atoms with Crippen molar-refractivity contribution in [2.24, 2.45) is 0 Å². The Balaban J connectivity index is 1.60. The van der Waals surface area contributed by atoms with E-state index in [1.807, 2.05) is 17.0 Å². The lowest BCUT2D eigenvalue weighted by Crippen LogP contribution is -2.48. The molecule has 1 fully saturated rings. The van der Waals surface area contributed by atoms with Crippen LogP contribution in [0.15, 0.2) is 48.5 Å². The zero-order chi connectivity index (χ0) is 26.9. The first-order valence-corrected chi connectivity index (χ1v) is 12.4. The number of hydrogen-bond acceptors (Lipinski definition) is 6. The number of Topliss-reactive ketones (excluding diaryl/α,β-unsaturated/α-hetero) is 2. The van der Waals surface area contributed by atoms with E-state index in [0.29, 0.717) is 5.56 Å². The van der Waals surface area contributed by atoms with Crippen LogP contribution in [-0.4, -0.2) is 89.1 Å². The lowest BCUT2D eigenvalue weighted by Gasteiger charge is -2.34. The molecule has 1 unspecified atom stereocenters. The minimum Gasteiger partial charge on any atom is -0.388 e. The van der Waals surface area contributed by atoms with Crippen molar-refractivity contribution in [1.82, 2.24) is 14.7 Å². The van der Waals surface area contributed by atoms with Gasteiger partial charge < -0.3 is 14.9 Å². The number of rotatable bonds is 8. The third-order valence-electron chi connectivity index (χ3n) is 6.48. The summed E-state index contributed by atoms with van der Waals surface area (Å²) in [5.74, 6) is 4.74. The van der Waals surface area contributed by atoms with Gasteiger partial charge in [-0.3, -0.25) is 24.1 Å². The van der Waals surface area contributed by atoms with E-state index >= 15 is 0 Å². The summed E-state index contributed by atoms with van der Waals surface area (Å²) in [5.41, 5.74) is 3.10. The van der Waals surface area contributed by atoms with Crippen molar-refractivity contribution in [1.29, 1.82) is 0 Å². The van der Waals surface area contributed by atoms with Gasteiger partial charge in [-0.05, 0) is 42.0 Å². The predicted molar refractivity (Wildman–Crippen MR) is 140 cm³/mol. The number of carbonyl (C=O) groups is 4. The fraction of sp³-hybridized carbons (Fsp3) is 0.379. The lowest BCUT2D eigenvalue weighted by molar-refractivity contribution is -0.134. The molecule has 37 heavy (non-hydrogen) atoms. The van der Waals surface area contributed by atoms with Crippen molar-refractivity contribution in [3.05, 3.63) is 70.8 Å². The van der Waals surface area contributed by atoms with Crippen LogP contribution in [0.25, 0.3) is 0 Å². The fourth-order valence-electron chi connectivity index (χ4n) is 4.23. The van der Waals surface area contributed by atoms with Crippen LogP contribution in [-0.2, 0) is 20.9 Å². The molecule has 1 aliphatic heterocycles. The molecule has 1 atom stereocenters. The number of carbonyl (C=O) groups excluding carboxylic acids is 4. The molecule has 1 saturated heterocycles. The van der Waals surface area contributed by atoms with Gasteiger partial charge in [0.25, 0.3) is 5.91 Å². The number of nitrogens with zero attached hydrogens (tertiary/aromatic N) is 3. The van der Waals surface area contributed by atoms with Crippen LogP contribution in [0.3, 0.4) is 0 Å². The molecule has 2 aromatic rings. The van der Waals surface area contributed by atoms with Crippen LogP contribution in [0.1, 0.15) is 47.3 Å². The number of aliphatic hydroxyl groups excluding tert-OH is 1. The largest absolute Gasteiger partial charge is 0.388 e. The number of piperazine rings is 1. The SMILES string of the molecule is CCC(=O)C(C(=O)CO)N(C)C(=O)c1ccc(C#Cc2ccc(CN3CCN(C(C)=O)CC3)cc2)cc1. The molecule has 1 heterocycles. The van der Waals surface area contributed by atoms with Gasteiger partial charge in [0.1, 0.15) is 6.61 Å². The van der Waals surface area contributed by atoms with Gasteiger partial charge in [-0.1, -0.05) is 30.9 Å². The van der Waals surface area contributed by atoms with Crippen molar-refractivity contribution in [2.75, 3.05) is 39.8 Å². The van der Waals surface area contributed by atoms with Crippen LogP contribution < -0.4 is 0 Å². The summed E-state index contributed by atoms with van der Waals surface area (Å²) in [6.45, 7) is 6.50. The van der Waals surface area contributed by atoms with Crippen molar-refractivity contribution >= 4 is 23.4 Å². The van der Waals surface area contributed by atoms with Gasteiger partial charge in [0.15, 0.2) is 17.6 Å². The number of ketones is 2. The minimum absolute atomic E-state index is 0.0850. The molecule has 1 N–H and O–H groups in total. The maximum Gasteiger partial charge on any atom is 0.254 e. The van der Waals surface area contributed by atoms with Crippen molar-refractivity contribution in [2.45, 2.75) is 32.9 Å². The molecule has 0 bridgehead atoms. The van der Waals surface area contributed by atoms with Crippen LogP contribution in [0.5, 0.6) is 0 Å². The Morgan fingerprint density at radius 1 is 0.892 bits per heavy atom. The third-order valence-corrected chi connectivity index (χ3v) is 6.48. The molecule has 8 nitrogen and oxygen atoms in total. The summed E-state index contributed by atoms with van der Waals surface area (Å²) in [7, 11) is 1.39. The van der Waals surface area contributed by atoms with Gasteiger partial charge >= 0.3 is 0 Å². The van der Waals surface area contributed by atoms with E-state index in [-0.39, 0.29) is 12.3 Å². The fourth-order valence-corrected chi connectivity index (χ4v) is 4.23. The van der Waals surface area contributed by atoms with Crippen molar-refractivity contribution < 1.29 is 24.3 Å². The Hall–Kier alpha value is -3.80. The summed E-state index contributed by atoms with van der Waals surface area (Å²) >= 11 is 0. The Labute approximate surface area is 217 Å². The number of benzene rings is 2. The Morgan fingerprint density at radius 2 is 1.43 bits per heavy atom. The molecule has 8 heteroatoms. The van der Waals surface area contributed by atoms with Gasteiger partial charge in [0, 0.05) is 69.8 Å². The maximum absolute atomic E-state index is 12.8. The van der Waals surface area contributed by atoms with E-state index in [1.54, 1.807) is 38.1 Å². The van der Waals surface area contributed by atoms with E-state index in [1.165, 1.54) is 12.6 Å². The van der Waals surface area contributed by atoms with Gasteiger partial charge in [0.2, 0.25) is 5.91 Å². The number of amides is 2. The lowest BCUT2D eigenvalue weighted by atomic mass is 10.0. The zero-order valence-corrected chi connectivity index (χ0v) is 21.6. The average molecular weight is 504 g/mol. The van der Waals surface area contributed by atoms with Crippen LogP contribution in [0.4, 0.5) is 0 Å². The third kappa shape index (κ3) is 7.35. The molecule has 2 amide bonds. The smallest absolute Gasteiger partial charge is 0.254 e. The normalized spacial score (nSPS) is 14.3. The second kappa shape index (κ2) is 12.9. The molecule has 2 aromatic carbocycles. The maximum atomic E-state index is 12.8. The molecule has 3 rings (SSSR count). The molecule has 0 aliphatic carbocycles. The highest BCUT2D eigenvalue weighted by Crippen LogP contribution is 2.13. The summed E-state index contributed by atoms with van der Waals surface area (Å²) in [6, 6.07) is 13.4. The summed E-state index contributed by atoms with van der Waals surface area (Å²) < 4.78 is 0. The zero-order valence-electron chi connectivity index (χ0n) is 21.6. The van der Waals surface area contributed by atoms with Crippen LogP contribution >= 0.6 is 0 Å².